The van der Waals surface area contributed by atoms with Crippen molar-refractivity contribution < 1.29 is 9.18 Å². The monoisotopic (exact) mass is 351 g/mol. The third kappa shape index (κ3) is 2.49. The molecule has 2 aliphatic rings. The molecule has 0 radical (unpaired) electrons. The summed E-state index contributed by atoms with van der Waals surface area (Å²) in [5, 5.41) is 9.01. The number of benzene rings is 1. The molecule has 132 valence electrons. The first-order valence-corrected chi connectivity index (χ1v) is 8.62. The van der Waals surface area contributed by atoms with Crippen LogP contribution in [0.3, 0.4) is 0 Å². The standard InChI is InChI=1S/C19H18FN5O/c1-11-17-16(22-12(2)23-18(17)24-6-3-7-24)10-25(11)19(26)13-4-5-15(20)14(8-13)9-21/h4-5,8,11H,3,6-7,10H2,1-2H3/t11-/m1/s1. The molecule has 26 heavy (non-hydrogen) atoms. The predicted molar refractivity (Wildman–Crippen MR) is 93.0 cm³/mol. The van der Waals surface area contributed by atoms with Crippen LogP contribution in [-0.4, -0.2) is 33.9 Å². The van der Waals surface area contributed by atoms with E-state index < -0.39 is 5.82 Å². The number of hydrogen-bond donors (Lipinski definition) is 0. The van der Waals surface area contributed by atoms with Gasteiger partial charge in [-0.25, -0.2) is 14.4 Å². The molecule has 3 heterocycles. The first-order chi connectivity index (χ1) is 12.5. The number of carbonyl (C=O) groups excluding carboxylic acids is 1. The van der Waals surface area contributed by atoms with Crippen LogP contribution >= 0.6 is 0 Å². The van der Waals surface area contributed by atoms with Crippen molar-refractivity contribution in [2.75, 3.05) is 18.0 Å². The van der Waals surface area contributed by atoms with E-state index in [1.165, 1.54) is 12.1 Å². The van der Waals surface area contributed by atoms with Crippen molar-refractivity contribution in [1.82, 2.24) is 14.9 Å². The van der Waals surface area contributed by atoms with E-state index in [4.69, 9.17) is 5.26 Å². The molecule has 2 aromatic rings. The van der Waals surface area contributed by atoms with E-state index in [0.29, 0.717) is 17.9 Å². The van der Waals surface area contributed by atoms with E-state index in [1.807, 2.05) is 13.8 Å². The van der Waals surface area contributed by atoms with Crippen molar-refractivity contribution in [2.45, 2.75) is 32.9 Å². The molecule has 1 saturated heterocycles. The van der Waals surface area contributed by atoms with Gasteiger partial charge in [-0.3, -0.25) is 4.79 Å². The Bertz CT molecular complexity index is 948. The molecule has 0 bridgehead atoms. The average Bonchev–Trinajstić information content (AvgIpc) is 2.89. The third-order valence-corrected chi connectivity index (χ3v) is 5.07. The van der Waals surface area contributed by atoms with Crippen molar-refractivity contribution in [3.05, 3.63) is 52.2 Å². The second-order valence-corrected chi connectivity index (χ2v) is 6.71. The molecule has 2 aliphatic heterocycles. The fourth-order valence-electron chi connectivity index (χ4n) is 3.55. The van der Waals surface area contributed by atoms with Crippen molar-refractivity contribution in [2.24, 2.45) is 0 Å². The fourth-order valence-corrected chi connectivity index (χ4v) is 3.55. The predicted octanol–water partition coefficient (Wildman–Crippen LogP) is 2.72. The number of aryl methyl sites for hydroxylation is 1. The van der Waals surface area contributed by atoms with Crippen molar-refractivity contribution in [3.8, 4) is 6.07 Å². The van der Waals surface area contributed by atoms with Gasteiger partial charge in [0, 0.05) is 24.2 Å². The van der Waals surface area contributed by atoms with Gasteiger partial charge in [-0.1, -0.05) is 0 Å². The van der Waals surface area contributed by atoms with Crippen LogP contribution in [0, 0.1) is 24.1 Å². The summed E-state index contributed by atoms with van der Waals surface area (Å²) in [5.74, 6) is 0.752. The topological polar surface area (TPSA) is 73.1 Å². The Balaban J connectivity index is 1.69. The molecule has 1 fully saturated rings. The number of hydrogen-bond acceptors (Lipinski definition) is 5. The maximum absolute atomic E-state index is 13.6. The number of halogens is 1. The Morgan fingerprint density at radius 3 is 2.77 bits per heavy atom. The quantitative estimate of drug-likeness (QED) is 0.832. The highest BCUT2D eigenvalue weighted by Crippen LogP contribution is 2.39. The number of rotatable bonds is 2. The zero-order valence-electron chi connectivity index (χ0n) is 14.7. The lowest BCUT2D eigenvalue weighted by molar-refractivity contribution is 0.0704. The highest BCUT2D eigenvalue weighted by molar-refractivity contribution is 5.95. The summed E-state index contributed by atoms with van der Waals surface area (Å²) >= 11 is 0. The van der Waals surface area contributed by atoms with Crippen molar-refractivity contribution in [1.29, 1.82) is 5.26 Å². The summed E-state index contributed by atoms with van der Waals surface area (Å²) in [6.45, 7) is 6.14. The average molecular weight is 351 g/mol. The molecule has 4 rings (SSSR count). The fraction of sp³-hybridized carbons (Fsp3) is 0.368. The summed E-state index contributed by atoms with van der Waals surface area (Å²) in [4.78, 5) is 26.0. The highest BCUT2D eigenvalue weighted by Gasteiger charge is 2.37. The first-order valence-electron chi connectivity index (χ1n) is 8.62. The number of fused-ring (bicyclic) bond motifs is 1. The summed E-state index contributed by atoms with van der Waals surface area (Å²) in [7, 11) is 0. The molecular formula is C19H18FN5O. The van der Waals surface area contributed by atoms with Gasteiger partial charge in [0.25, 0.3) is 5.91 Å². The second-order valence-electron chi connectivity index (χ2n) is 6.71. The minimum atomic E-state index is -0.622. The third-order valence-electron chi connectivity index (χ3n) is 5.07. The van der Waals surface area contributed by atoms with Crippen LogP contribution in [-0.2, 0) is 6.54 Å². The number of nitrogens with zero attached hydrogens (tertiary/aromatic N) is 5. The summed E-state index contributed by atoms with van der Waals surface area (Å²) in [6, 6.07) is 5.49. The number of anilines is 1. The lowest BCUT2D eigenvalue weighted by Gasteiger charge is -2.34. The van der Waals surface area contributed by atoms with E-state index in [1.54, 1.807) is 11.0 Å². The molecule has 0 aliphatic carbocycles. The Kier molecular flexibility index (Phi) is 3.83. The molecule has 6 nitrogen and oxygen atoms in total. The Morgan fingerprint density at radius 1 is 1.35 bits per heavy atom. The van der Waals surface area contributed by atoms with Crippen LogP contribution in [0.2, 0.25) is 0 Å². The number of nitriles is 1. The Morgan fingerprint density at radius 2 is 2.12 bits per heavy atom. The maximum Gasteiger partial charge on any atom is 0.254 e. The molecule has 7 heteroatoms. The molecule has 0 N–H and O–H groups in total. The largest absolute Gasteiger partial charge is 0.356 e. The van der Waals surface area contributed by atoms with Crippen LogP contribution in [0.25, 0.3) is 0 Å². The van der Waals surface area contributed by atoms with E-state index in [0.717, 1.165) is 42.7 Å². The molecule has 0 unspecified atom stereocenters. The smallest absolute Gasteiger partial charge is 0.254 e. The highest BCUT2D eigenvalue weighted by atomic mass is 19.1. The van der Waals surface area contributed by atoms with Gasteiger partial charge in [0.2, 0.25) is 0 Å². The van der Waals surface area contributed by atoms with Gasteiger partial charge in [-0.15, -0.1) is 0 Å². The Hall–Kier alpha value is -3.01. The maximum atomic E-state index is 13.6. The van der Waals surface area contributed by atoms with E-state index in [2.05, 4.69) is 14.9 Å². The molecule has 1 aromatic carbocycles. The lowest BCUT2D eigenvalue weighted by atomic mass is 10.1. The molecule has 0 saturated carbocycles. The summed E-state index contributed by atoms with van der Waals surface area (Å²) < 4.78 is 13.6. The van der Waals surface area contributed by atoms with Gasteiger partial charge in [0.1, 0.15) is 23.5 Å². The normalized spacial score (nSPS) is 18.3. The zero-order chi connectivity index (χ0) is 18.4. The zero-order valence-corrected chi connectivity index (χ0v) is 14.7. The second kappa shape index (κ2) is 6.06. The van der Waals surface area contributed by atoms with Gasteiger partial charge >= 0.3 is 0 Å². The molecular weight excluding hydrogens is 333 g/mol. The summed E-state index contributed by atoms with van der Waals surface area (Å²) in [5.41, 5.74) is 2.03. The van der Waals surface area contributed by atoms with Crippen LogP contribution in [0.1, 0.15) is 52.4 Å². The van der Waals surface area contributed by atoms with Gasteiger partial charge in [-0.2, -0.15) is 5.26 Å². The molecule has 1 aromatic heterocycles. The minimum absolute atomic E-state index is 0.128. The van der Waals surface area contributed by atoms with Crippen LogP contribution in [0.4, 0.5) is 10.2 Å². The van der Waals surface area contributed by atoms with Gasteiger partial charge < -0.3 is 9.80 Å². The number of carbonyl (C=O) groups is 1. The van der Waals surface area contributed by atoms with Gasteiger partial charge in [-0.05, 0) is 38.5 Å². The summed E-state index contributed by atoms with van der Waals surface area (Å²) in [6.07, 6.45) is 1.14. The van der Waals surface area contributed by atoms with E-state index in [-0.39, 0.29) is 17.5 Å². The van der Waals surface area contributed by atoms with Gasteiger partial charge in [0.15, 0.2) is 0 Å². The first kappa shape index (κ1) is 16.5. The van der Waals surface area contributed by atoms with E-state index in [9.17, 15) is 9.18 Å². The number of aromatic nitrogens is 2. The lowest BCUT2D eigenvalue weighted by Crippen LogP contribution is -2.39. The molecule has 0 spiro atoms. The molecule has 1 amide bonds. The van der Waals surface area contributed by atoms with E-state index >= 15 is 0 Å². The van der Waals surface area contributed by atoms with Crippen molar-refractivity contribution in [3.63, 3.8) is 0 Å². The number of amides is 1. The Labute approximate surface area is 150 Å². The van der Waals surface area contributed by atoms with Gasteiger partial charge in [0.05, 0.1) is 23.8 Å². The van der Waals surface area contributed by atoms with Crippen LogP contribution in [0.5, 0.6) is 0 Å². The van der Waals surface area contributed by atoms with Crippen LogP contribution in [0.15, 0.2) is 18.2 Å². The molecule has 1 atom stereocenters. The minimum Gasteiger partial charge on any atom is -0.356 e. The van der Waals surface area contributed by atoms with Crippen molar-refractivity contribution >= 4 is 11.7 Å². The SMILES string of the molecule is Cc1nc2c(c(N3CCC3)n1)[C@@H](C)N(C(=O)c1ccc(F)c(C#N)c1)C2. The van der Waals surface area contributed by atoms with Crippen LogP contribution < -0.4 is 4.90 Å².